The van der Waals surface area contributed by atoms with E-state index in [1.54, 1.807) is 0 Å². The van der Waals surface area contributed by atoms with Gasteiger partial charge in [-0.3, -0.25) is 0 Å². The number of nitrogens with one attached hydrogen (secondary N) is 2. The average Bonchev–Trinajstić information content (AvgIpc) is 2.54. The van der Waals surface area contributed by atoms with Crippen LogP contribution in [0.3, 0.4) is 0 Å². The monoisotopic (exact) mass is 351 g/mol. The zero-order valence-corrected chi connectivity index (χ0v) is 14.5. The molecule has 4 N–H and O–H groups in total. The van der Waals surface area contributed by atoms with E-state index in [2.05, 4.69) is 10.6 Å². The van der Waals surface area contributed by atoms with Crippen LogP contribution in [0.4, 0.5) is 10.5 Å². The summed E-state index contributed by atoms with van der Waals surface area (Å²) in [4.78, 5) is 12.2. The van der Waals surface area contributed by atoms with Gasteiger partial charge in [0.1, 0.15) is 0 Å². The summed E-state index contributed by atoms with van der Waals surface area (Å²) in [6, 6.07) is 5.84. The second-order valence-corrected chi connectivity index (χ2v) is 8.54. The smallest absolute Gasteiger partial charge is 0.319 e. The van der Waals surface area contributed by atoms with Gasteiger partial charge in [0.05, 0.1) is 4.90 Å². The minimum Gasteiger partial charge on any atom is -0.335 e. The number of nitrogens with two attached hydrogens (primary N) is 1. The lowest BCUT2D eigenvalue weighted by atomic mass is 9.69. The molecule has 7 heteroatoms. The molecule has 1 aromatic rings. The number of urea groups is 1. The maximum absolute atomic E-state index is 12.2. The van der Waals surface area contributed by atoms with Gasteiger partial charge in [-0.15, -0.1) is 0 Å². The summed E-state index contributed by atoms with van der Waals surface area (Å²) in [6.07, 6.45) is 8.63. The van der Waals surface area contributed by atoms with E-state index in [0.717, 1.165) is 24.7 Å². The van der Waals surface area contributed by atoms with Crippen molar-refractivity contribution in [3.63, 3.8) is 0 Å². The van der Waals surface area contributed by atoms with Crippen LogP contribution < -0.4 is 15.8 Å². The van der Waals surface area contributed by atoms with Crippen LogP contribution in [0.2, 0.25) is 0 Å². The normalized spacial score (nSPS) is 27.1. The molecule has 0 spiro atoms. The first-order valence-electron chi connectivity index (χ1n) is 8.62. The number of carbonyl (C=O) groups excluding carboxylic acids is 1. The van der Waals surface area contributed by atoms with Crippen molar-refractivity contribution in [1.82, 2.24) is 5.32 Å². The molecule has 2 amide bonds. The van der Waals surface area contributed by atoms with E-state index in [9.17, 15) is 13.2 Å². The molecule has 0 bridgehead atoms. The fourth-order valence-corrected chi connectivity index (χ4v) is 4.60. The van der Waals surface area contributed by atoms with Gasteiger partial charge in [0, 0.05) is 11.7 Å². The zero-order chi connectivity index (χ0) is 17.2. The summed E-state index contributed by atoms with van der Waals surface area (Å²) in [5.74, 6) is 1.61. The molecule has 2 saturated carbocycles. The first-order valence-corrected chi connectivity index (χ1v) is 10.2. The summed E-state index contributed by atoms with van der Waals surface area (Å²) < 4.78 is 22.4. The highest BCUT2D eigenvalue weighted by Gasteiger charge is 2.32. The van der Waals surface area contributed by atoms with Crippen molar-refractivity contribution >= 4 is 21.7 Å². The Morgan fingerprint density at radius 3 is 2.33 bits per heavy atom. The lowest BCUT2D eigenvalue weighted by Gasteiger charge is -2.39. The van der Waals surface area contributed by atoms with Gasteiger partial charge in [0.2, 0.25) is 10.0 Å². The molecule has 24 heavy (non-hydrogen) atoms. The second kappa shape index (κ2) is 7.11. The third-order valence-corrected chi connectivity index (χ3v) is 6.24. The Balaban J connectivity index is 1.52. The van der Waals surface area contributed by atoms with Crippen molar-refractivity contribution in [3.05, 3.63) is 24.3 Å². The Morgan fingerprint density at radius 2 is 1.67 bits per heavy atom. The Hall–Kier alpha value is -1.60. The first kappa shape index (κ1) is 17.2. The van der Waals surface area contributed by atoms with E-state index < -0.39 is 10.0 Å². The number of anilines is 1. The molecular formula is C17H25N3O3S. The first-order chi connectivity index (χ1) is 11.4. The molecular weight excluding hydrogens is 326 g/mol. The Labute approximate surface area is 143 Å². The molecule has 0 aromatic heterocycles. The molecule has 0 radical (unpaired) electrons. The Bertz CT molecular complexity index is 688. The number of amides is 2. The van der Waals surface area contributed by atoms with Crippen LogP contribution >= 0.6 is 0 Å². The van der Waals surface area contributed by atoms with Gasteiger partial charge in [0.25, 0.3) is 0 Å². The summed E-state index contributed by atoms with van der Waals surface area (Å²) >= 11 is 0. The van der Waals surface area contributed by atoms with E-state index in [1.807, 2.05) is 0 Å². The maximum atomic E-state index is 12.2. The average molecular weight is 351 g/mol. The van der Waals surface area contributed by atoms with Crippen molar-refractivity contribution in [2.45, 2.75) is 55.9 Å². The molecule has 2 aliphatic carbocycles. The van der Waals surface area contributed by atoms with Crippen LogP contribution in [0.1, 0.15) is 44.9 Å². The molecule has 1 aromatic carbocycles. The van der Waals surface area contributed by atoms with E-state index in [4.69, 9.17) is 5.14 Å². The van der Waals surface area contributed by atoms with Crippen molar-refractivity contribution in [3.8, 4) is 0 Å². The van der Waals surface area contributed by atoms with Crippen LogP contribution in [0, 0.1) is 11.8 Å². The molecule has 2 fully saturated rings. The molecule has 3 unspecified atom stereocenters. The summed E-state index contributed by atoms with van der Waals surface area (Å²) in [6.45, 7) is 0. The molecule has 0 saturated heterocycles. The third kappa shape index (κ3) is 4.27. The minimum absolute atomic E-state index is 0.0316. The van der Waals surface area contributed by atoms with Crippen molar-refractivity contribution in [1.29, 1.82) is 0 Å². The van der Waals surface area contributed by atoms with Gasteiger partial charge >= 0.3 is 6.03 Å². The van der Waals surface area contributed by atoms with Crippen LogP contribution in [0.25, 0.3) is 0 Å². The van der Waals surface area contributed by atoms with Gasteiger partial charge < -0.3 is 10.6 Å². The van der Waals surface area contributed by atoms with Gasteiger partial charge in [-0.2, -0.15) is 0 Å². The number of hydrogen-bond acceptors (Lipinski definition) is 3. The SMILES string of the molecule is NS(=O)(=O)c1ccc(NC(=O)NC2CCC3CCCCC3C2)cc1. The Kier molecular flexibility index (Phi) is 5.10. The zero-order valence-electron chi connectivity index (χ0n) is 13.7. The van der Waals surface area contributed by atoms with E-state index in [0.29, 0.717) is 5.69 Å². The highest BCUT2D eigenvalue weighted by Crippen LogP contribution is 2.40. The van der Waals surface area contributed by atoms with Gasteiger partial charge in [-0.1, -0.05) is 25.7 Å². The maximum Gasteiger partial charge on any atom is 0.319 e. The van der Waals surface area contributed by atoms with Crippen LogP contribution in [0.5, 0.6) is 0 Å². The molecule has 3 rings (SSSR count). The standard InChI is InChI=1S/C17H25N3O3S/c18-24(22,23)16-9-7-14(8-10-16)19-17(21)20-15-6-5-12-3-1-2-4-13(12)11-15/h7-10,12-13,15H,1-6,11H2,(H2,18,22,23)(H2,19,20,21). The van der Waals surface area contributed by atoms with E-state index >= 15 is 0 Å². The third-order valence-electron chi connectivity index (χ3n) is 5.32. The topological polar surface area (TPSA) is 101 Å². The van der Waals surface area contributed by atoms with Crippen LogP contribution in [-0.4, -0.2) is 20.5 Å². The van der Waals surface area contributed by atoms with E-state index in [1.165, 1.54) is 56.4 Å². The summed E-state index contributed by atoms with van der Waals surface area (Å²) in [7, 11) is -3.71. The fraction of sp³-hybridized carbons (Fsp3) is 0.588. The predicted octanol–water partition coefficient (Wildman–Crippen LogP) is 2.81. The van der Waals surface area contributed by atoms with Crippen LogP contribution in [-0.2, 0) is 10.0 Å². The lowest BCUT2D eigenvalue weighted by molar-refractivity contribution is 0.146. The second-order valence-electron chi connectivity index (χ2n) is 6.98. The summed E-state index contributed by atoms with van der Waals surface area (Å²) in [5.41, 5.74) is 0.547. The number of rotatable bonds is 3. The number of sulfonamides is 1. The largest absolute Gasteiger partial charge is 0.335 e. The number of fused-ring (bicyclic) bond motifs is 1. The number of benzene rings is 1. The predicted molar refractivity (Wildman–Crippen MR) is 93.1 cm³/mol. The number of hydrogen-bond donors (Lipinski definition) is 3. The van der Waals surface area contributed by atoms with E-state index in [-0.39, 0.29) is 17.0 Å². The molecule has 2 aliphatic rings. The van der Waals surface area contributed by atoms with Crippen LogP contribution in [0.15, 0.2) is 29.2 Å². The number of carbonyl (C=O) groups is 1. The highest BCUT2D eigenvalue weighted by atomic mass is 32.2. The fourth-order valence-electron chi connectivity index (χ4n) is 4.08. The van der Waals surface area contributed by atoms with Gasteiger partial charge in [0.15, 0.2) is 0 Å². The minimum atomic E-state index is -3.71. The Morgan fingerprint density at radius 1 is 1.00 bits per heavy atom. The molecule has 0 aliphatic heterocycles. The van der Waals surface area contributed by atoms with Gasteiger partial charge in [-0.25, -0.2) is 18.4 Å². The van der Waals surface area contributed by atoms with Crippen molar-refractivity contribution < 1.29 is 13.2 Å². The molecule has 6 nitrogen and oxygen atoms in total. The van der Waals surface area contributed by atoms with Crippen molar-refractivity contribution in [2.24, 2.45) is 17.0 Å². The van der Waals surface area contributed by atoms with Gasteiger partial charge in [-0.05, 0) is 55.4 Å². The van der Waals surface area contributed by atoms with Crippen molar-refractivity contribution in [2.75, 3.05) is 5.32 Å². The molecule has 0 heterocycles. The summed E-state index contributed by atoms with van der Waals surface area (Å²) in [5, 5.41) is 10.9. The highest BCUT2D eigenvalue weighted by molar-refractivity contribution is 7.89. The quantitative estimate of drug-likeness (QED) is 0.780. The molecule has 3 atom stereocenters. The lowest BCUT2D eigenvalue weighted by Crippen LogP contribution is -2.43. The molecule has 132 valence electrons. The number of primary sulfonamides is 1.